The molecule has 3 heterocycles. The summed E-state index contributed by atoms with van der Waals surface area (Å²) >= 11 is 0. The van der Waals surface area contributed by atoms with E-state index in [2.05, 4.69) is 11.1 Å². The van der Waals surface area contributed by atoms with E-state index in [9.17, 15) is 30.3 Å². The maximum Gasteiger partial charge on any atom is 0.311 e. The minimum atomic E-state index is -1.94. The lowest BCUT2D eigenvalue weighted by Gasteiger charge is -2.49. The van der Waals surface area contributed by atoms with E-state index >= 15 is 0 Å². The number of hydrogen-bond acceptors (Lipinski definition) is 16. The molecule has 0 aromatic carbocycles. The lowest BCUT2D eigenvalue weighted by molar-refractivity contribution is -0.318. The lowest BCUT2D eigenvalue weighted by atomic mass is 9.73. The zero-order valence-electron chi connectivity index (χ0n) is 38.7. The molecule has 0 aliphatic carbocycles. The van der Waals surface area contributed by atoms with Crippen LogP contribution in [0.3, 0.4) is 0 Å². The van der Waals surface area contributed by atoms with Gasteiger partial charge in [-0.15, -0.1) is 12.3 Å². The number of methoxy groups -OCH3 is 1. The first kappa shape index (κ1) is 52.4. The molecule has 3 rings (SSSR count). The number of oxime groups is 1. The zero-order valence-corrected chi connectivity index (χ0v) is 38.7. The summed E-state index contributed by atoms with van der Waals surface area (Å²) in [5, 5.41) is 64.2. The van der Waals surface area contributed by atoms with Crippen LogP contribution in [-0.4, -0.2) is 179 Å². The van der Waals surface area contributed by atoms with Gasteiger partial charge in [0.15, 0.2) is 12.6 Å². The number of ether oxygens (including phenoxy) is 6. The minimum Gasteiger partial charge on any atom is -0.459 e. The third-order valence-corrected chi connectivity index (χ3v) is 13.2. The normalized spacial score (nSPS) is 44.6. The van der Waals surface area contributed by atoms with E-state index < -0.39 is 102 Å². The Bertz CT molecular complexity index is 1430. The highest BCUT2D eigenvalue weighted by atomic mass is 16.7. The molecular weight excluding hydrogens is 778 g/mol. The van der Waals surface area contributed by atoms with Gasteiger partial charge < -0.3 is 63.7 Å². The van der Waals surface area contributed by atoms with Crippen molar-refractivity contribution in [1.29, 1.82) is 0 Å². The van der Waals surface area contributed by atoms with E-state index in [4.69, 9.17) is 39.7 Å². The van der Waals surface area contributed by atoms with Crippen molar-refractivity contribution in [3.8, 4) is 12.3 Å². The summed E-state index contributed by atoms with van der Waals surface area (Å²) in [5.41, 5.74) is -4.40. The maximum absolute atomic E-state index is 14.4. The Morgan fingerprint density at radius 1 is 0.933 bits per heavy atom. The van der Waals surface area contributed by atoms with Crippen LogP contribution < -0.4 is 0 Å². The molecule has 0 spiro atoms. The number of carbonyl (C=O) groups excluding carboxylic acids is 1. The van der Waals surface area contributed by atoms with Gasteiger partial charge >= 0.3 is 5.97 Å². The first-order chi connectivity index (χ1) is 27.9. The van der Waals surface area contributed by atoms with Crippen molar-refractivity contribution < 1.29 is 63.6 Å². The molecule has 16 nitrogen and oxygen atoms in total. The number of likely N-dealkylation sites (N-methyl/N-ethyl adjacent to an activating group) is 2. The second kappa shape index (κ2) is 22.1. The SMILES string of the molecule is C#CCCN(C)[C@H]1C[C@@H](C)O[C@@H](O[C@@H]2[C@@H](C)C(O[C@H]3C[C@@](C)(OC)[C@@H](O)[C@H](C)O3)[C@@H](C)C(=O)O[C@H](CC)[C@@](C)(O)[C@H](O)[C@@H](C)/C(=N/OCCN(C)C)[C@H](C)C[C@@]2(C)O)[C@@H]1O. The molecule has 3 fully saturated rings. The maximum atomic E-state index is 14.4. The number of cyclic esters (lactones) is 1. The largest absolute Gasteiger partial charge is 0.459 e. The highest BCUT2D eigenvalue weighted by molar-refractivity contribution is 5.88. The molecule has 0 aromatic rings. The van der Waals surface area contributed by atoms with E-state index in [1.54, 1.807) is 48.5 Å². The highest BCUT2D eigenvalue weighted by Gasteiger charge is 2.53. The topological polar surface area (TPSA) is 202 Å². The van der Waals surface area contributed by atoms with Crippen molar-refractivity contribution in [2.45, 2.75) is 186 Å². The average molecular weight is 858 g/mol. The van der Waals surface area contributed by atoms with Gasteiger partial charge in [-0.25, -0.2) is 0 Å². The van der Waals surface area contributed by atoms with E-state index in [1.165, 1.54) is 14.0 Å². The number of aliphatic hydroxyl groups is 5. The summed E-state index contributed by atoms with van der Waals surface area (Å²) in [6.07, 6.45) is -3.52. The highest BCUT2D eigenvalue weighted by Crippen LogP contribution is 2.41. The van der Waals surface area contributed by atoms with Gasteiger partial charge in [0.05, 0.1) is 53.4 Å². The Morgan fingerprint density at radius 2 is 1.58 bits per heavy atom. The van der Waals surface area contributed by atoms with Crippen molar-refractivity contribution in [2.24, 2.45) is 28.8 Å². The summed E-state index contributed by atoms with van der Waals surface area (Å²) in [6.45, 7) is 18.4. The van der Waals surface area contributed by atoms with Crippen LogP contribution in [0.1, 0.15) is 101 Å². The average Bonchev–Trinajstić information content (AvgIpc) is 3.17. The Morgan fingerprint density at radius 3 is 2.17 bits per heavy atom. The second-order valence-electron chi connectivity index (χ2n) is 18.7. The van der Waals surface area contributed by atoms with Gasteiger partial charge in [-0.2, -0.15) is 0 Å². The fourth-order valence-corrected chi connectivity index (χ4v) is 9.27. The quantitative estimate of drug-likeness (QED) is 0.0783. The van der Waals surface area contributed by atoms with Crippen molar-refractivity contribution in [1.82, 2.24) is 9.80 Å². The van der Waals surface area contributed by atoms with Crippen LogP contribution in [0.2, 0.25) is 0 Å². The first-order valence-electron chi connectivity index (χ1n) is 21.7. The van der Waals surface area contributed by atoms with Crippen molar-refractivity contribution in [3.05, 3.63) is 0 Å². The molecule has 3 aliphatic heterocycles. The summed E-state index contributed by atoms with van der Waals surface area (Å²) in [7, 11) is 7.18. The molecule has 0 amide bonds. The lowest BCUT2D eigenvalue weighted by Crippen LogP contribution is -2.61. The predicted molar refractivity (Wildman–Crippen MR) is 226 cm³/mol. The molecule has 1 unspecified atom stereocenters. The smallest absolute Gasteiger partial charge is 0.311 e. The Balaban J connectivity index is 2.24. The van der Waals surface area contributed by atoms with Crippen LogP contribution in [-0.2, 0) is 38.1 Å². The Hall–Kier alpha value is -1.98. The van der Waals surface area contributed by atoms with Crippen LogP contribution in [0.15, 0.2) is 5.16 Å². The van der Waals surface area contributed by atoms with Crippen LogP contribution >= 0.6 is 0 Å². The predicted octanol–water partition coefficient (Wildman–Crippen LogP) is 2.54. The molecule has 16 heteroatoms. The van der Waals surface area contributed by atoms with Gasteiger partial charge in [-0.05, 0) is 81.9 Å². The number of hydrogen-bond donors (Lipinski definition) is 5. The minimum absolute atomic E-state index is 0.00535. The van der Waals surface area contributed by atoms with Gasteiger partial charge in [0.2, 0.25) is 0 Å². The molecule has 3 aliphatic rings. The third-order valence-electron chi connectivity index (χ3n) is 13.2. The van der Waals surface area contributed by atoms with Gasteiger partial charge in [0, 0.05) is 56.8 Å². The molecule has 0 aromatic heterocycles. The van der Waals surface area contributed by atoms with Gasteiger partial charge in [-0.1, -0.05) is 32.9 Å². The van der Waals surface area contributed by atoms with Crippen LogP contribution in [0.5, 0.6) is 0 Å². The van der Waals surface area contributed by atoms with Gasteiger partial charge in [-0.3, -0.25) is 9.69 Å². The summed E-state index contributed by atoms with van der Waals surface area (Å²) < 4.78 is 37.9. The summed E-state index contributed by atoms with van der Waals surface area (Å²) in [4.78, 5) is 24.1. The standard InChI is InChI=1S/C44H79N3O13/c1-16-18-19-47(14)31-22-26(4)56-41(35(31)48)60-39-28(6)36(59-33-24-43(10,54-15)38(50)30(8)57-33)29(7)40(51)58-32(17-2)44(11,53)37(49)27(5)34(25(3)23-42(39,9)52)45-55-21-20-46(12)13/h1,25-33,35-39,41,48-50,52-53H,17-24H2,2-15H3/b45-34+/t25-,26-,27+,28+,29-,30+,31+,32-,33+,35-,36?,37-,38+,39-,41+,42-,43-,44-/m1/s1. The van der Waals surface area contributed by atoms with Crippen molar-refractivity contribution in [2.75, 3.05) is 47.9 Å². The molecule has 3 saturated heterocycles. The van der Waals surface area contributed by atoms with E-state index in [0.717, 1.165) is 0 Å². The fourth-order valence-electron chi connectivity index (χ4n) is 9.27. The number of carbonyl (C=O) groups is 1. The number of esters is 1. The molecular formula is C44H79N3O13. The third kappa shape index (κ3) is 12.6. The summed E-state index contributed by atoms with van der Waals surface area (Å²) in [5.74, 6) is -1.40. The molecule has 0 saturated carbocycles. The molecule has 348 valence electrons. The number of terminal acetylenes is 1. The van der Waals surface area contributed by atoms with Crippen LogP contribution in [0, 0.1) is 36.0 Å². The van der Waals surface area contributed by atoms with Gasteiger partial charge in [0.25, 0.3) is 0 Å². The Labute approximate surface area is 359 Å². The van der Waals surface area contributed by atoms with E-state index in [-0.39, 0.29) is 38.0 Å². The van der Waals surface area contributed by atoms with E-state index in [0.29, 0.717) is 31.6 Å². The monoisotopic (exact) mass is 858 g/mol. The fraction of sp³-hybridized carbons (Fsp3) is 0.909. The van der Waals surface area contributed by atoms with Crippen LogP contribution in [0.4, 0.5) is 0 Å². The van der Waals surface area contributed by atoms with Crippen LogP contribution in [0.25, 0.3) is 0 Å². The molecule has 0 bridgehead atoms. The number of rotatable bonds is 13. The molecule has 5 N–H and O–H groups in total. The van der Waals surface area contributed by atoms with Crippen molar-refractivity contribution in [3.63, 3.8) is 0 Å². The number of aliphatic hydroxyl groups excluding tert-OH is 3. The molecule has 18 atom stereocenters. The second-order valence-corrected chi connectivity index (χ2v) is 18.7. The number of nitrogens with zero attached hydrogens (tertiary/aromatic N) is 3. The zero-order chi connectivity index (χ0) is 45.5. The summed E-state index contributed by atoms with van der Waals surface area (Å²) in [6, 6.07) is -0.389. The molecule has 60 heavy (non-hydrogen) atoms. The molecule has 0 radical (unpaired) electrons. The Kier molecular flexibility index (Phi) is 19.3. The first-order valence-corrected chi connectivity index (χ1v) is 21.7. The van der Waals surface area contributed by atoms with Crippen molar-refractivity contribution >= 4 is 11.7 Å². The van der Waals surface area contributed by atoms with Gasteiger partial charge in [0.1, 0.15) is 30.5 Å². The van der Waals surface area contributed by atoms with E-state index in [1.807, 2.05) is 44.8 Å².